The summed E-state index contributed by atoms with van der Waals surface area (Å²) in [6.45, 7) is 2.23. The van der Waals surface area contributed by atoms with Gasteiger partial charge in [-0.1, -0.05) is 0 Å². The van der Waals surface area contributed by atoms with Crippen LogP contribution in [0.5, 0.6) is 0 Å². The highest BCUT2D eigenvalue weighted by atomic mass is 15.3. The first-order chi connectivity index (χ1) is 6.79. The molecule has 0 saturated carbocycles. The van der Waals surface area contributed by atoms with Gasteiger partial charge in [0.05, 0.1) is 0 Å². The average molecular weight is 194 g/mol. The van der Waals surface area contributed by atoms with Crippen molar-refractivity contribution in [3.63, 3.8) is 0 Å². The Morgan fingerprint density at radius 1 is 1.43 bits per heavy atom. The Morgan fingerprint density at radius 3 is 2.64 bits per heavy atom. The summed E-state index contributed by atoms with van der Waals surface area (Å²) in [5, 5.41) is 7.74. The lowest BCUT2D eigenvalue weighted by Gasteiger charge is -2.31. The van der Waals surface area contributed by atoms with Crippen LogP contribution >= 0.6 is 0 Å². The molecule has 1 aliphatic rings. The van der Waals surface area contributed by atoms with Gasteiger partial charge in [-0.2, -0.15) is 5.10 Å². The zero-order valence-electron chi connectivity index (χ0n) is 8.90. The minimum absolute atomic E-state index is 0.690. The highest BCUT2D eigenvalue weighted by molar-refractivity contribution is 5.37. The second kappa shape index (κ2) is 4.00. The molecule has 1 fully saturated rings. The van der Waals surface area contributed by atoms with E-state index in [1.165, 1.54) is 12.8 Å². The molecule has 1 N–H and O–H groups in total. The number of hydrogen-bond acceptors (Lipinski definition) is 3. The van der Waals surface area contributed by atoms with Crippen LogP contribution in [0.4, 0.5) is 5.82 Å². The van der Waals surface area contributed by atoms with E-state index in [1.54, 1.807) is 0 Å². The second-order valence-electron chi connectivity index (χ2n) is 3.90. The van der Waals surface area contributed by atoms with Crippen molar-refractivity contribution in [1.29, 1.82) is 0 Å². The fourth-order valence-electron chi connectivity index (χ4n) is 1.97. The van der Waals surface area contributed by atoms with Crippen molar-refractivity contribution in [1.82, 2.24) is 15.1 Å². The summed E-state index contributed by atoms with van der Waals surface area (Å²) in [4.78, 5) is 2.36. The van der Waals surface area contributed by atoms with Crippen LogP contribution in [-0.4, -0.2) is 36.0 Å². The van der Waals surface area contributed by atoms with Crippen molar-refractivity contribution in [3.05, 3.63) is 12.3 Å². The van der Waals surface area contributed by atoms with Gasteiger partial charge in [0.15, 0.2) is 5.82 Å². The predicted octanol–water partition coefficient (Wildman–Crippen LogP) is 0.608. The summed E-state index contributed by atoms with van der Waals surface area (Å²) in [6.07, 6.45) is 4.43. The molecule has 0 bridgehead atoms. The zero-order valence-corrected chi connectivity index (χ0v) is 8.90. The quantitative estimate of drug-likeness (QED) is 0.749. The molecule has 0 atom stereocenters. The third kappa shape index (κ3) is 1.90. The molecular formula is C10H18N4. The van der Waals surface area contributed by atoms with E-state index in [4.69, 9.17) is 0 Å². The molecule has 1 aromatic heterocycles. The Balaban J connectivity index is 1.95. The van der Waals surface area contributed by atoms with Crippen molar-refractivity contribution < 1.29 is 0 Å². The molecule has 78 valence electrons. The summed E-state index contributed by atoms with van der Waals surface area (Å²) in [6, 6.07) is 2.77. The molecule has 2 heterocycles. The fourth-order valence-corrected chi connectivity index (χ4v) is 1.97. The van der Waals surface area contributed by atoms with Gasteiger partial charge >= 0.3 is 0 Å². The summed E-state index contributed by atoms with van der Waals surface area (Å²) < 4.78 is 1.86. The Hall–Kier alpha value is -1.03. The van der Waals surface area contributed by atoms with E-state index in [1.807, 2.05) is 25.0 Å². The normalized spacial score (nSPS) is 18.9. The molecule has 4 nitrogen and oxygen atoms in total. The van der Waals surface area contributed by atoms with Gasteiger partial charge in [0, 0.05) is 38.4 Å². The van der Waals surface area contributed by atoms with Crippen molar-refractivity contribution in [2.24, 2.45) is 7.05 Å². The maximum absolute atomic E-state index is 4.41. The van der Waals surface area contributed by atoms with Gasteiger partial charge in [-0.05, 0) is 19.9 Å². The summed E-state index contributed by atoms with van der Waals surface area (Å²) >= 11 is 0. The largest absolute Gasteiger partial charge is 0.355 e. The minimum atomic E-state index is 0.690. The van der Waals surface area contributed by atoms with Crippen LogP contribution in [0.15, 0.2) is 12.3 Å². The molecule has 14 heavy (non-hydrogen) atoms. The van der Waals surface area contributed by atoms with Crippen LogP contribution in [0.25, 0.3) is 0 Å². The third-order valence-corrected chi connectivity index (χ3v) is 2.93. The van der Waals surface area contributed by atoms with E-state index in [0.717, 1.165) is 18.9 Å². The molecule has 1 saturated heterocycles. The van der Waals surface area contributed by atoms with Gasteiger partial charge < -0.3 is 10.2 Å². The van der Waals surface area contributed by atoms with E-state index in [9.17, 15) is 0 Å². The number of nitrogens with one attached hydrogen (secondary N) is 1. The first-order valence-electron chi connectivity index (χ1n) is 5.21. The van der Waals surface area contributed by atoms with Gasteiger partial charge in [0.2, 0.25) is 0 Å². The van der Waals surface area contributed by atoms with Crippen LogP contribution in [0.3, 0.4) is 0 Å². The average Bonchev–Trinajstić information content (AvgIpc) is 2.65. The second-order valence-corrected chi connectivity index (χ2v) is 3.90. The highest BCUT2D eigenvalue weighted by Crippen LogP contribution is 2.17. The Kier molecular flexibility index (Phi) is 2.72. The molecule has 2 rings (SSSR count). The summed E-state index contributed by atoms with van der Waals surface area (Å²) in [5.74, 6) is 1.11. The smallest absolute Gasteiger partial charge is 0.150 e. The Labute approximate surface area is 84.9 Å². The van der Waals surface area contributed by atoms with Crippen molar-refractivity contribution in [3.8, 4) is 0 Å². The Morgan fingerprint density at radius 2 is 2.14 bits per heavy atom. The molecule has 1 aliphatic heterocycles. The maximum atomic E-state index is 4.41. The molecule has 0 amide bonds. The van der Waals surface area contributed by atoms with E-state index >= 15 is 0 Å². The molecule has 0 aliphatic carbocycles. The number of hydrogen-bond donors (Lipinski definition) is 1. The van der Waals surface area contributed by atoms with Gasteiger partial charge in [-0.25, -0.2) is 0 Å². The number of aryl methyl sites for hydroxylation is 1. The van der Waals surface area contributed by atoms with Crippen LogP contribution in [0.2, 0.25) is 0 Å². The summed E-state index contributed by atoms with van der Waals surface area (Å²) in [5.41, 5.74) is 0. The standard InChI is InChI=1S/C10H18N4/c1-11-9-3-7-14(8-4-9)10-5-6-13(2)12-10/h5-6,9,11H,3-4,7-8H2,1-2H3. The zero-order chi connectivity index (χ0) is 9.97. The lowest BCUT2D eigenvalue weighted by molar-refractivity contribution is 0.440. The lowest BCUT2D eigenvalue weighted by atomic mass is 10.1. The first-order valence-corrected chi connectivity index (χ1v) is 5.21. The number of rotatable bonds is 2. The summed E-state index contributed by atoms with van der Waals surface area (Å²) in [7, 11) is 4.00. The van der Waals surface area contributed by atoms with Crippen LogP contribution in [-0.2, 0) is 7.05 Å². The molecule has 0 radical (unpaired) electrons. The van der Waals surface area contributed by atoms with Gasteiger partial charge in [-0.3, -0.25) is 4.68 Å². The molecular weight excluding hydrogens is 176 g/mol. The molecule has 0 unspecified atom stereocenters. The van der Waals surface area contributed by atoms with E-state index in [0.29, 0.717) is 6.04 Å². The number of anilines is 1. The topological polar surface area (TPSA) is 33.1 Å². The van der Waals surface area contributed by atoms with Gasteiger partial charge in [0.25, 0.3) is 0 Å². The van der Waals surface area contributed by atoms with Gasteiger partial charge in [0.1, 0.15) is 0 Å². The number of piperidine rings is 1. The SMILES string of the molecule is CNC1CCN(c2ccn(C)n2)CC1. The molecule has 0 aromatic carbocycles. The number of nitrogens with zero attached hydrogens (tertiary/aromatic N) is 3. The van der Waals surface area contributed by atoms with Crippen LogP contribution < -0.4 is 10.2 Å². The van der Waals surface area contributed by atoms with Crippen molar-refractivity contribution in [2.75, 3.05) is 25.0 Å². The van der Waals surface area contributed by atoms with Crippen LogP contribution in [0, 0.1) is 0 Å². The lowest BCUT2D eigenvalue weighted by Crippen LogP contribution is -2.41. The monoisotopic (exact) mass is 194 g/mol. The molecule has 4 heteroatoms. The van der Waals surface area contributed by atoms with E-state index < -0.39 is 0 Å². The molecule has 0 spiro atoms. The predicted molar refractivity (Wildman–Crippen MR) is 57.5 cm³/mol. The van der Waals surface area contributed by atoms with Crippen molar-refractivity contribution >= 4 is 5.82 Å². The van der Waals surface area contributed by atoms with Crippen molar-refractivity contribution in [2.45, 2.75) is 18.9 Å². The number of aromatic nitrogens is 2. The van der Waals surface area contributed by atoms with E-state index in [-0.39, 0.29) is 0 Å². The van der Waals surface area contributed by atoms with Crippen LogP contribution in [0.1, 0.15) is 12.8 Å². The fraction of sp³-hybridized carbons (Fsp3) is 0.700. The molecule has 1 aromatic rings. The van der Waals surface area contributed by atoms with Gasteiger partial charge in [-0.15, -0.1) is 0 Å². The Bertz CT molecular complexity index is 286. The maximum Gasteiger partial charge on any atom is 0.150 e. The third-order valence-electron chi connectivity index (χ3n) is 2.93. The van der Waals surface area contributed by atoms with E-state index in [2.05, 4.69) is 21.4 Å². The first kappa shape index (κ1) is 9.52. The highest BCUT2D eigenvalue weighted by Gasteiger charge is 2.18. The minimum Gasteiger partial charge on any atom is -0.355 e.